The van der Waals surface area contributed by atoms with E-state index in [0.29, 0.717) is 0 Å². The summed E-state index contributed by atoms with van der Waals surface area (Å²) in [6, 6.07) is 10.3. The molecule has 0 aliphatic carbocycles. The average Bonchev–Trinajstić information content (AvgIpc) is 2.69. The van der Waals surface area contributed by atoms with Gasteiger partial charge in [-0.2, -0.15) is 0 Å². The largest absolute Gasteiger partial charge is 0.380 e. The molecule has 0 saturated heterocycles. The van der Waals surface area contributed by atoms with E-state index in [1.807, 2.05) is 19.9 Å². The van der Waals surface area contributed by atoms with Gasteiger partial charge in [-0.15, -0.1) is 11.3 Å². The molecule has 0 saturated carbocycles. The fourth-order valence-electron chi connectivity index (χ4n) is 2.09. The summed E-state index contributed by atoms with van der Waals surface area (Å²) < 4.78 is 0. The second-order valence-corrected chi connectivity index (χ2v) is 6.09. The first-order chi connectivity index (χ1) is 7.91. The highest BCUT2D eigenvalue weighted by Gasteiger charge is 2.28. The van der Waals surface area contributed by atoms with Crippen molar-refractivity contribution in [3.8, 4) is 0 Å². The molecule has 0 aliphatic heterocycles. The maximum Gasteiger partial charge on any atom is 0.121 e. The van der Waals surface area contributed by atoms with E-state index < -0.39 is 5.60 Å². The summed E-state index contributed by atoms with van der Waals surface area (Å²) in [4.78, 5) is 2.23. The highest BCUT2D eigenvalue weighted by Crippen LogP contribution is 2.35. The van der Waals surface area contributed by atoms with Crippen molar-refractivity contribution < 1.29 is 5.11 Å². The van der Waals surface area contributed by atoms with E-state index in [4.69, 9.17) is 0 Å². The molecule has 1 atom stereocenters. The van der Waals surface area contributed by atoms with Crippen molar-refractivity contribution in [2.45, 2.75) is 33.3 Å². The van der Waals surface area contributed by atoms with Gasteiger partial charge in [-0.05, 0) is 51.0 Å². The van der Waals surface area contributed by atoms with Crippen LogP contribution < -0.4 is 0 Å². The lowest BCUT2D eigenvalue weighted by atomic mass is 9.89. The van der Waals surface area contributed by atoms with Crippen LogP contribution in [0.5, 0.6) is 0 Å². The van der Waals surface area contributed by atoms with Crippen LogP contribution in [0, 0.1) is 20.8 Å². The quantitative estimate of drug-likeness (QED) is 0.851. The van der Waals surface area contributed by atoms with Crippen molar-refractivity contribution in [2.75, 3.05) is 0 Å². The van der Waals surface area contributed by atoms with E-state index in [0.717, 1.165) is 16.0 Å². The molecule has 0 aliphatic rings. The van der Waals surface area contributed by atoms with Gasteiger partial charge in [0.2, 0.25) is 0 Å². The lowest BCUT2D eigenvalue weighted by Gasteiger charge is -2.25. The molecule has 90 valence electrons. The summed E-state index contributed by atoms with van der Waals surface area (Å²) in [7, 11) is 0. The number of thiophene rings is 1. The van der Waals surface area contributed by atoms with Gasteiger partial charge in [-0.1, -0.05) is 23.8 Å². The van der Waals surface area contributed by atoms with Gasteiger partial charge in [0.05, 0.1) is 0 Å². The van der Waals surface area contributed by atoms with Gasteiger partial charge in [0.15, 0.2) is 0 Å². The highest BCUT2D eigenvalue weighted by molar-refractivity contribution is 7.12. The molecule has 17 heavy (non-hydrogen) atoms. The van der Waals surface area contributed by atoms with Crippen LogP contribution in [0.1, 0.15) is 33.4 Å². The molecule has 1 aromatic carbocycles. The maximum absolute atomic E-state index is 10.8. The van der Waals surface area contributed by atoms with Gasteiger partial charge in [-0.25, -0.2) is 0 Å². The number of hydrogen-bond acceptors (Lipinski definition) is 2. The van der Waals surface area contributed by atoms with E-state index in [2.05, 4.69) is 38.1 Å². The molecular formula is C15H18OS. The highest BCUT2D eigenvalue weighted by atomic mass is 32.1. The monoisotopic (exact) mass is 246 g/mol. The molecule has 0 spiro atoms. The number of aliphatic hydroxyl groups is 1. The average molecular weight is 246 g/mol. The molecule has 2 rings (SSSR count). The van der Waals surface area contributed by atoms with Crippen LogP contribution >= 0.6 is 11.3 Å². The van der Waals surface area contributed by atoms with Crippen molar-refractivity contribution in [2.24, 2.45) is 0 Å². The van der Waals surface area contributed by atoms with Crippen molar-refractivity contribution in [1.29, 1.82) is 0 Å². The normalized spacial score (nSPS) is 14.6. The molecular weight excluding hydrogens is 228 g/mol. The van der Waals surface area contributed by atoms with Crippen molar-refractivity contribution in [3.05, 3.63) is 56.8 Å². The zero-order valence-electron chi connectivity index (χ0n) is 10.7. The van der Waals surface area contributed by atoms with Gasteiger partial charge in [0.1, 0.15) is 5.60 Å². The molecule has 2 heteroatoms. The van der Waals surface area contributed by atoms with Crippen LogP contribution in [-0.4, -0.2) is 5.11 Å². The molecule has 0 radical (unpaired) electrons. The minimum absolute atomic E-state index is 0.894. The van der Waals surface area contributed by atoms with Crippen LogP contribution in [-0.2, 0) is 5.60 Å². The fourth-order valence-corrected chi connectivity index (χ4v) is 3.02. The van der Waals surface area contributed by atoms with Crippen LogP contribution in [0.25, 0.3) is 0 Å². The Morgan fingerprint density at radius 3 is 2.35 bits per heavy atom. The summed E-state index contributed by atoms with van der Waals surface area (Å²) in [6.07, 6.45) is 0. The molecule has 1 unspecified atom stereocenters. The smallest absolute Gasteiger partial charge is 0.121 e. The lowest BCUT2D eigenvalue weighted by Crippen LogP contribution is -2.22. The Balaban J connectivity index is 2.54. The topological polar surface area (TPSA) is 20.2 Å². The number of rotatable bonds is 2. The molecule has 0 amide bonds. The van der Waals surface area contributed by atoms with Crippen molar-refractivity contribution in [1.82, 2.24) is 0 Å². The molecule has 0 bridgehead atoms. The van der Waals surface area contributed by atoms with Crippen molar-refractivity contribution >= 4 is 11.3 Å². The van der Waals surface area contributed by atoms with E-state index in [1.165, 1.54) is 10.4 Å². The minimum atomic E-state index is -0.894. The Kier molecular flexibility index (Phi) is 3.11. The Labute approximate surface area is 107 Å². The molecule has 1 heterocycles. The standard InChI is InChI=1S/C15H18OS/c1-10-5-6-11(2)13(9-10)15(4,16)14-8-7-12(3)17-14/h5-9,16H,1-4H3. The Bertz CT molecular complexity index is 538. The van der Waals surface area contributed by atoms with Crippen LogP contribution in [0.2, 0.25) is 0 Å². The van der Waals surface area contributed by atoms with Gasteiger partial charge >= 0.3 is 0 Å². The summed E-state index contributed by atoms with van der Waals surface area (Å²) >= 11 is 1.65. The molecule has 1 aromatic heterocycles. The summed E-state index contributed by atoms with van der Waals surface area (Å²) in [5.74, 6) is 0. The van der Waals surface area contributed by atoms with Gasteiger partial charge < -0.3 is 5.11 Å². The zero-order chi connectivity index (χ0) is 12.6. The summed E-state index contributed by atoms with van der Waals surface area (Å²) in [5.41, 5.74) is 2.42. The maximum atomic E-state index is 10.8. The zero-order valence-corrected chi connectivity index (χ0v) is 11.6. The Hall–Kier alpha value is -1.12. The van der Waals surface area contributed by atoms with Crippen LogP contribution in [0.3, 0.4) is 0 Å². The third kappa shape index (κ3) is 2.28. The first-order valence-electron chi connectivity index (χ1n) is 5.78. The van der Waals surface area contributed by atoms with Crippen molar-refractivity contribution in [3.63, 3.8) is 0 Å². The fraction of sp³-hybridized carbons (Fsp3) is 0.333. The molecule has 0 fully saturated rings. The third-order valence-corrected chi connectivity index (χ3v) is 4.35. The van der Waals surface area contributed by atoms with Crippen LogP contribution in [0.15, 0.2) is 30.3 Å². The minimum Gasteiger partial charge on any atom is -0.380 e. The Morgan fingerprint density at radius 1 is 1.06 bits per heavy atom. The predicted octanol–water partition coefficient (Wildman–Crippen LogP) is 3.93. The number of aryl methyl sites for hydroxylation is 3. The van der Waals surface area contributed by atoms with Gasteiger partial charge in [-0.3, -0.25) is 0 Å². The van der Waals surface area contributed by atoms with Gasteiger partial charge in [0, 0.05) is 9.75 Å². The lowest BCUT2D eigenvalue weighted by molar-refractivity contribution is 0.105. The molecule has 2 aromatic rings. The second kappa shape index (κ2) is 4.28. The van der Waals surface area contributed by atoms with Gasteiger partial charge in [0.25, 0.3) is 0 Å². The van der Waals surface area contributed by atoms with E-state index in [1.54, 1.807) is 11.3 Å². The number of benzene rings is 1. The second-order valence-electron chi connectivity index (χ2n) is 4.80. The van der Waals surface area contributed by atoms with E-state index in [9.17, 15) is 5.11 Å². The number of hydrogen-bond donors (Lipinski definition) is 1. The summed E-state index contributed by atoms with van der Waals surface area (Å²) in [6.45, 7) is 8.04. The summed E-state index contributed by atoms with van der Waals surface area (Å²) in [5, 5.41) is 10.8. The predicted molar refractivity (Wildman–Crippen MR) is 73.6 cm³/mol. The first-order valence-corrected chi connectivity index (χ1v) is 6.60. The SMILES string of the molecule is Cc1ccc(C)c(C(C)(O)c2ccc(C)s2)c1. The van der Waals surface area contributed by atoms with E-state index >= 15 is 0 Å². The molecule has 1 N–H and O–H groups in total. The third-order valence-electron chi connectivity index (χ3n) is 3.14. The Morgan fingerprint density at radius 2 is 1.76 bits per heavy atom. The van der Waals surface area contributed by atoms with Crippen LogP contribution in [0.4, 0.5) is 0 Å². The van der Waals surface area contributed by atoms with E-state index in [-0.39, 0.29) is 0 Å². The molecule has 1 nitrogen and oxygen atoms in total. The first kappa shape index (κ1) is 12.3.